The third-order valence-electron chi connectivity index (χ3n) is 1.96. The van der Waals surface area contributed by atoms with E-state index in [1.165, 1.54) is 0 Å². The van der Waals surface area contributed by atoms with Crippen LogP contribution in [0.2, 0.25) is 0 Å². The monoisotopic (exact) mass is 734 g/mol. The van der Waals surface area contributed by atoms with Crippen molar-refractivity contribution >= 4 is 0 Å². The Bertz CT molecular complexity index is 182. The van der Waals surface area contributed by atoms with Gasteiger partial charge in [0, 0.05) is 42.7 Å². The first-order valence-corrected chi connectivity index (χ1v) is 9.30. The van der Waals surface area contributed by atoms with Gasteiger partial charge in [0.2, 0.25) is 0 Å². The van der Waals surface area contributed by atoms with E-state index < -0.39 is 0 Å². The van der Waals surface area contributed by atoms with Crippen LogP contribution in [0.5, 0.6) is 0 Å². The van der Waals surface area contributed by atoms with Gasteiger partial charge in [-0.15, -0.1) is 0 Å². The first-order valence-electron chi connectivity index (χ1n) is 9.30. The van der Waals surface area contributed by atoms with Crippen LogP contribution >= 0.6 is 0 Å². The fourth-order valence-electron chi connectivity index (χ4n) is 1.06. The maximum atomic E-state index is 8.24. The second kappa shape index (κ2) is 158. The van der Waals surface area contributed by atoms with Gasteiger partial charge in [-0.1, -0.05) is 50.3 Å². The van der Waals surface area contributed by atoms with Crippen LogP contribution in [0.15, 0.2) is 0 Å². The van der Waals surface area contributed by atoms with Crippen molar-refractivity contribution in [1.29, 1.82) is 0 Å². The summed E-state index contributed by atoms with van der Waals surface area (Å²) in [5.41, 5.74) is 4.00. The third-order valence-corrected chi connectivity index (χ3v) is 1.96. The van der Waals surface area contributed by atoms with Crippen LogP contribution in [0.1, 0.15) is 27.7 Å². The van der Waals surface area contributed by atoms with Crippen molar-refractivity contribution in [3.8, 4) is 0 Å². The summed E-state index contributed by atoms with van der Waals surface area (Å²) >= 11 is 0. The third kappa shape index (κ3) is 464. The SMILES string of the molecule is CCNCCNCC.CCNCCNCC.O.O.ONO.ONO.ONO.ONO.[Ni+3].[Ni+3].[Ni].[O-]NO.[O-]NO. The molecule has 0 aliphatic heterocycles. The van der Waals surface area contributed by atoms with Crippen molar-refractivity contribution in [2.45, 2.75) is 27.7 Å². The predicted molar refractivity (Wildman–Crippen MR) is 125 cm³/mol. The second-order valence-electron chi connectivity index (χ2n) is 4.00. The Hall–Kier alpha value is 0.521. The van der Waals surface area contributed by atoms with Crippen LogP contribution in [0, 0.1) is 10.4 Å². The van der Waals surface area contributed by atoms with Crippen LogP contribution in [-0.2, 0) is 49.5 Å². The van der Waals surface area contributed by atoms with E-state index >= 15 is 0 Å². The summed E-state index contributed by atoms with van der Waals surface area (Å²) in [6.07, 6.45) is 0. The Morgan fingerprint density at radius 1 is 0.410 bits per heavy atom. The number of hydrogen-bond acceptors (Lipinski definition) is 22. The standard InChI is InChI=1S/2C6H16N2.4H3NO2.2H2NO2.3Ni.2H2O/c2*1-3-7-5-6-8-4-2;6*2-1-3;;;;;/h2*7-8H,3-6H2,1-2H3;4*1-3H;2*1-2H;;;;2*1H2/q;;;;;;2*-1;;2*+3;;. The summed E-state index contributed by atoms with van der Waals surface area (Å²) in [6, 6.07) is 0. The molecule has 24 N–H and O–H groups in total. The van der Waals surface area contributed by atoms with Gasteiger partial charge in [0.15, 0.2) is 0 Å². The molecule has 39 heavy (non-hydrogen) atoms. The zero-order valence-electron chi connectivity index (χ0n) is 21.9. The number of likely N-dealkylation sites (N-methyl/N-ethyl adjacent to an activating group) is 4. The average molecular weight is 737 g/mol. The first kappa shape index (κ1) is 83.4. The molecule has 0 aromatic carbocycles. The molecule has 0 fully saturated rings. The Labute approximate surface area is 257 Å². The van der Waals surface area contributed by atoms with Crippen molar-refractivity contribution < 1.29 is 112 Å². The molecule has 0 saturated heterocycles. The molecular weight excluding hydrogens is 684 g/mol. The summed E-state index contributed by atoms with van der Waals surface area (Å²) in [5.74, 6) is 0. The molecule has 24 nitrogen and oxygen atoms in total. The van der Waals surface area contributed by atoms with Crippen LogP contribution in [0.4, 0.5) is 0 Å². The minimum Gasteiger partial charge on any atom is -0.765 e. The normalized spacial score (nSPS) is 6.77. The molecule has 0 rings (SSSR count). The molecule has 0 unspecified atom stereocenters. The van der Waals surface area contributed by atoms with E-state index in [1.54, 1.807) is 0 Å². The van der Waals surface area contributed by atoms with Gasteiger partial charge in [0.1, 0.15) is 0 Å². The molecule has 0 aliphatic rings. The largest absolute Gasteiger partial charge is 3.00 e. The van der Waals surface area contributed by atoms with E-state index in [4.69, 9.17) is 62.5 Å². The molecule has 0 saturated carbocycles. The summed E-state index contributed by atoms with van der Waals surface area (Å²) in [6.45, 7) is 17.1. The molecule has 0 aromatic heterocycles. The fourth-order valence-corrected chi connectivity index (χ4v) is 1.06. The van der Waals surface area contributed by atoms with Crippen molar-refractivity contribution in [2.75, 3.05) is 52.4 Å². The topological polar surface area (TPSA) is 432 Å². The zero-order chi connectivity index (χ0) is 28.7. The fraction of sp³-hybridized carbons (Fsp3) is 1.00. The number of hydrogen-bond donors (Lipinski definition) is 20. The molecule has 2 radical (unpaired) electrons. The minimum atomic E-state index is 0. The maximum Gasteiger partial charge on any atom is 3.00 e. The number of rotatable bonds is 10. The van der Waals surface area contributed by atoms with Crippen LogP contribution < -0.4 is 55.1 Å². The molecule has 0 amide bonds. The Morgan fingerprint density at radius 2 is 0.487 bits per heavy atom. The molecule has 0 atom stereocenters. The van der Waals surface area contributed by atoms with E-state index in [0.717, 1.165) is 74.9 Å². The Kier molecular flexibility index (Phi) is 338. The molecule has 0 bridgehead atoms. The summed E-state index contributed by atoms with van der Waals surface area (Å²) in [7, 11) is 0. The smallest absolute Gasteiger partial charge is 0.765 e. The summed E-state index contributed by atoms with van der Waals surface area (Å²) in [4.78, 5) is 0. The van der Waals surface area contributed by atoms with E-state index in [0.29, 0.717) is 11.3 Å². The van der Waals surface area contributed by atoms with Gasteiger partial charge in [-0.3, -0.25) is 52.9 Å². The predicted octanol–water partition coefficient (Wildman–Crippen LogP) is -4.90. The molecule has 0 aliphatic carbocycles. The molecule has 0 spiro atoms. The van der Waals surface area contributed by atoms with Gasteiger partial charge >= 0.3 is 33.0 Å². The number of nitrogens with one attached hydrogen (secondary N) is 10. The Balaban J connectivity index is -0.0000000186. The van der Waals surface area contributed by atoms with Crippen molar-refractivity contribution in [3.63, 3.8) is 0 Å². The van der Waals surface area contributed by atoms with Gasteiger partial charge < -0.3 is 53.0 Å². The first-order chi connectivity index (χ1) is 16.3. The molecular formula is C12H52N10Ni3O14+4. The van der Waals surface area contributed by atoms with Crippen molar-refractivity contribution in [1.82, 2.24) is 55.1 Å². The molecule has 0 aromatic rings. The van der Waals surface area contributed by atoms with Gasteiger partial charge in [0.25, 0.3) is 0 Å². The molecule has 0 heterocycles. The summed E-state index contributed by atoms with van der Waals surface area (Å²) in [5, 5.41) is 97.9. The quantitative estimate of drug-likeness (QED) is 0.0567. The van der Waals surface area contributed by atoms with Gasteiger partial charge in [-0.25, -0.2) is 0 Å². The van der Waals surface area contributed by atoms with Gasteiger partial charge in [0.05, 0.1) is 0 Å². The van der Waals surface area contributed by atoms with E-state index in [2.05, 4.69) is 49.0 Å². The van der Waals surface area contributed by atoms with Crippen molar-refractivity contribution in [2.24, 2.45) is 0 Å². The van der Waals surface area contributed by atoms with E-state index in [1.807, 2.05) is 0 Å². The van der Waals surface area contributed by atoms with Crippen LogP contribution in [0.3, 0.4) is 0 Å². The zero-order valence-corrected chi connectivity index (χ0v) is 24.9. The maximum absolute atomic E-state index is 8.24. The Morgan fingerprint density at radius 3 is 0.538 bits per heavy atom. The van der Waals surface area contributed by atoms with Crippen LogP contribution in [-0.4, -0.2) is 115 Å². The van der Waals surface area contributed by atoms with Crippen LogP contribution in [0.25, 0.3) is 0 Å². The van der Waals surface area contributed by atoms with Gasteiger partial charge in [-0.05, 0) is 26.2 Å². The molecule has 27 heteroatoms. The van der Waals surface area contributed by atoms with Gasteiger partial charge in [-0.2, -0.15) is 0 Å². The molecule has 260 valence electrons. The van der Waals surface area contributed by atoms with E-state index in [9.17, 15) is 0 Å². The summed E-state index contributed by atoms with van der Waals surface area (Å²) < 4.78 is 0. The second-order valence-corrected chi connectivity index (χ2v) is 4.00. The van der Waals surface area contributed by atoms with Crippen molar-refractivity contribution in [3.05, 3.63) is 10.4 Å². The average Bonchev–Trinajstić information content (AvgIpc) is 2.78. The minimum absolute atomic E-state index is 0. The van der Waals surface area contributed by atoms with E-state index in [-0.39, 0.29) is 60.4 Å².